The average molecular weight is 196 g/mol. The van der Waals surface area contributed by atoms with E-state index in [9.17, 15) is 4.79 Å². The summed E-state index contributed by atoms with van der Waals surface area (Å²) in [5, 5.41) is 12.9. The smallest absolute Gasteiger partial charge is 0.309 e. The Morgan fingerprint density at radius 3 is 2.71 bits per heavy atom. The molecule has 0 fully saturated rings. The van der Waals surface area contributed by atoms with Gasteiger partial charge in [-0.05, 0) is 32.8 Å². The lowest BCUT2D eigenvalue weighted by Crippen LogP contribution is -2.24. The quantitative estimate of drug-likeness (QED) is 0.793. The molecule has 1 N–H and O–H groups in total. The monoisotopic (exact) mass is 196 g/mol. The molecule has 0 aliphatic carbocycles. The molecular weight excluding hydrogens is 180 g/mol. The van der Waals surface area contributed by atoms with Crippen molar-refractivity contribution in [2.24, 2.45) is 12.5 Å². The summed E-state index contributed by atoms with van der Waals surface area (Å²) in [5.41, 5.74) is 0.406. The summed E-state index contributed by atoms with van der Waals surface area (Å²) in [5.74, 6) is -0.750. The third-order valence-electron chi connectivity index (χ3n) is 2.51. The number of rotatable bonds is 4. The van der Waals surface area contributed by atoms with E-state index in [1.54, 1.807) is 24.7 Å². The van der Waals surface area contributed by atoms with Crippen molar-refractivity contribution in [1.29, 1.82) is 0 Å². The zero-order valence-electron chi connectivity index (χ0n) is 8.82. The van der Waals surface area contributed by atoms with Crippen LogP contribution in [-0.2, 0) is 18.3 Å². The van der Waals surface area contributed by atoms with Gasteiger partial charge in [0.25, 0.3) is 0 Å². The second kappa shape index (κ2) is 3.82. The van der Waals surface area contributed by atoms with Gasteiger partial charge in [0.15, 0.2) is 0 Å². The first-order valence-corrected chi connectivity index (χ1v) is 4.64. The van der Waals surface area contributed by atoms with Gasteiger partial charge in [0.05, 0.1) is 5.41 Å². The zero-order chi connectivity index (χ0) is 10.8. The van der Waals surface area contributed by atoms with Crippen LogP contribution in [0.1, 0.15) is 26.0 Å². The largest absolute Gasteiger partial charge is 0.481 e. The van der Waals surface area contributed by atoms with E-state index >= 15 is 0 Å². The molecule has 0 aliphatic heterocycles. The maximum Gasteiger partial charge on any atom is 0.309 e. The molecule has 4 heteroatoms. The fourth-order valence-corrected chi connectivity index (χ4v) is 1.19. The number of nitrogens with zero attached hydrogens (tertiary/aromatic N) is 2. The molecule has 4 nitrogen and oxygen atoms in total. The Hall–Kier alpha value is -1.32. The van der Waals surface area contributed by atoms with Gasteiger partial charge in [-0.25, -0.2) is 0 Å². The van der Waals surface area contributed by atoms with Crippen molar-refractivity contribution in [3.63, 3.8) is 0 Å². The Kier molecular flexibility index (Phi) is 2.93. The fraction of sp³-hybridized carbons (Fsp3) is 0.600. The van der Waals surface area contributed by atoms with Crippen LogP contribution < -0.4 is 0 Å². The Balaban J connectivity index is 2.57. The first-order valence-electron chi connectivity index (χ1n) is 4.64. The van der Waals surface area contributed by atoms with Crippen LogP contribution in [0.3, 0.4) is 0 Å². The zero-order valence-corrected chi connectivity index (χ0v) is 8.82. The molecule has 0 atom stereocenters. The Morgan fingerprint density at radius 1 is 1.64 bits per heavy atom. The highest BCUT2D eigenvalue weighted by atomic mass is 16.4. The number of aryl methyl sites for hydroxylation is 2. The Morgan fingerprint density at radius 2 is 2.29 bits per heavy atom. The molecule has 0 saturated heterocycles. The van der Waals surface area contributed by atoms with E-state index in [2.05, 4.69) is 5.10 Å². The number of carboxylic acid groups (broad SMARTS) is 1. The van der Waals surface area contributed by atoms with Crippen molar-refractivity contribution in [2.45, 2.75) is 26.7 Å². The topological polar surface area (TPSA) is 55.1 Å². The Labute approximate surface area is 83.5 Å². The van der Waals surface area contributed by atoms with Crippen LogP contribution in [0.25, 0.3) is 0 Å². The molecule has 1 heterocycles. The number of aliphatic carboxylic acids is 1. The first-order chi connectivity index (χ1) is 6.43. The number of aromatic nitrogens is 2. The van der Waals surface area contributed by atoms with Crippen LogP contribution in [0.5, 0.6) is 0 Å². The molecule has 0 bridgehead atoms. The number of hydrogen-bond donors (Lipinski definition) is 1. The molecule has 0 spiro atoms. The number of carboxylic acids is 1. The van der Waals surface area contributed by atoms with E-state index in [0.717, 1.165) is 12.1 Å². The second-order valence-corrected chi connectivity index (χ2v) is 4.14. The molecule has 0 aliphatic rings. The van der Waals surface area contributed by atoms with Crippen molar-refractivity contribution in [3.8, 4) is 0 Å². The molecule has 14 heavy (non-hydrogen) atoms. The molecule has 0 saturated carbocycles. The number of hydrogen-bond acceptors (Lipinski definition) is 2. The van der Waals surface area contributed by atoms with Crippen molar-refractivity contribution in [2.75, 3.05) is 0 Å². The van der Waals surface area contributed by atoms with E-state index in [-0.39, 0.29) is 0 Å². The molecule has 1 aromatic rings. The highest BCUT2D eigenvalue weighted by molar-refractivity contribution is 5.73. The van der Waals surface area contributed by atoms with Gasteiger partial charge in [-0.1, -0.05) is 0 Å². The molecule has 78 valence electrons. The summed E-state index contributed by atoms with van der Waals surface area (Å²) in [7, 11) is 1.86. The van der Waals surface area contributed by atoms with E-state index in [1.165, 1.54) is 0 Å². The van der Waals surface area contributed by atoms with Crippen molar-refractivity contribution >= 4 is 5.97 Å². The predicted molar refractivity (Wildman–Crippen MR) is 52.9 cm³/mol. The fourth-order valence-electron chi connectivity index (χ4n) is 1.19. The lowest BCUT2D eigenvalue weighted by atomic mass is 9.87. The predicted octanol–water partition coefficient (Wildman–Crippen LogP) is 1.46. The van der Waals surface area contributed by atoms with Gasteiger partial charge in [-0.3, -0.25) is 9.48 Å². The maximum absolute atomic E-state index is 10.8. The molecule has 0 radical (unpaired) electrons. The van der Waals surface area contributed by atoms with Gasteiger partial charge in [-0.2, -0.15) is 5.10 Å². The van der Waals surface area contributed by atoms with Gasteiger partial charge >= 0.3 is 5.97 Å². The van der Waals surface area contributed by atoms with Crippen molar-refractivity contribution in [3.05, 3.63) is 18.0 Å². The summed E-state index contributed by atoms with van der Waals surface area (Å²) >= 11 is 0. The van der Waals surface area contributed by atoms with Crippen molar-refractivity contribution in [1.82, 2.24) is 9.78 Å². The van der Waals surface area contributed by atoms with Crippen LogP contribution in [0.2, 0.25) is 0 Å². The van der Waals surface area contributed by atoms with Gasteiger partial charge in [0.2, 0.25) is 0 Å². The van der Waals surface area contributed by atoms with Gasteiger partial charge in [0, 0.05) is 18.9 Å². The van der Waals surface area contributed by atoms with Gasteiger partial charge < -0.3 is 5.11 Å². The van der Waals surface area contributed by atoms with Gasteiger partial charge in [-0.15, -0.1) is 0 Å². The normalized spacial score (nSPS) is 11.6. The maximum atomic E-state index is 10.8. The number of carbonyl (C=O) groups is 1. The highest BCUT2D eigenvalue weighted by Crippen LogP contribution is 2.22. The van der Waals surface area contributed by atoms with E-state index < -0.39 is 11.4 Å². The first kappa shape index (κ1) is 10.8. The van der Waals surface area contributed by atoms with E-state index in [4.69, 9.17) is 5.11 Å². The summed E-state index contributed by atoms with van der Waals surface area (Å²) in [6, 6.07) is 1.91. The van der Waals surface area contributed by atoms with E-state index in [0.29, 0.717) is 6.42 Å². The summed E-state index contributed by atoms with van der Waals surface area (Å²) in [4.78, 5) is 10.8. The SMILES string of the molecule is Cn1nccc1CCC(C)(C)C(=O)O. The molecular formula is C10H16N2O2. The van der Waals surface area contributed by atoms with E-state index in [1.807, 2.05) is 13.1 Å². The molecule has 1 aromatic heterocycles. The van der Waals surface area contributed by atoms with Crippen molar-refractivity contribution < 1.29 is 9.90 Å². The summed E-state index contributed by atoms with van der Waals surface area (Å²) < 4.78 is 1.78. The lowest BCUT2D eigenvalue weighted by Gasteiger charge is -2.18. The second-order valence-electron chi connectivity index (χ2n) is 4.14. The minimum atomic E-state index is -0.750. The summed E-state index contributed by atoms with van der Waals surface area (Å²) in [6.07, 6.45) is 3.10. The third-order valence-corrected chi connectivity index (χ3v) is 2.51. The van der Waals surface area contributed by atoms with Crippen LogP contribution >= 0.6 is 0 Å². The molecule has 0 aromatic carbocycles. The summed E-state index contributed by atoms with van der Waals surface area (Å²) in [6.45, 7) is 3.48. The third kappa shape index (κ3) is 2.34. The molecule has 1 rings (SSSR count). The Bertz CT molecular complexity index is 329. The highest BCUT2D eigenvalue weighted by Gasteiger charge is 2.26. The minimum Gasteiger partial charge on any atom is -0.481 e. The molecule has 0 unspecified atom stereocenters. The average Bonchev–Trinajstić information content (AvgIpc) is 2.47. The van der Waals surface area contributed by atoms with Crippen LogP contribution in [0.15, 0.2) is 12.3 Å². The molecule has 0 amide bonds. The van der Waals surface area contributed by atoms with Crippen LogP contribution in [-0.4, -0.2) is 20.9 Å². The minimum absolute atomic E-state index is 0.627. The lowest BCUT2D eigenvalue weighted by molar-refractivity contribution is -0.147. The van der Waals surface area contributed by atoms with Crippen LogP contribution in [0, 0.1) is 5.41 Å². The van der Waals surface area contributed by atoms with Gasteiger partial charge in [0.1, 0.15) is 0 Å². The van der Waals surface area contributed by atoms with Crippen LogP contribution in [0.4, 0.5) is 0 Å². The standard InChI is InChI=1S/C10H16N2O2/c1-10(2,9(13)14)6-4-8-5-7-11-12(8)3/h5,7H,4,6H2,1-3H3,(H,13,14).